The van der Waals surface area contributed by atoms with Gasteiger partial charge in [-0.3, -0.25) is 4.79 Å². The van der Waals surface area contributed by atoms with Gasteiger partial charge in [-0.25, -0.2) is 4.79 Å². The smallest absolute Gasteiger partial charge is 0.353 e. The quantitative estimate of drug-likeness (QED) is 0.496. The Kier molecular flexibility index (Phi) is 3.98. The number of carbonyl (C=O) groups excluding carboxylic acids is 1. The second-order valence-electron chi connectivity index (χ2n) is 3.99. The summed E-state index contributed by atoms with van der Waals surface area (Å²) in [6, 6.07) is -0.337. The van der Waals surface area contributed by atoms with Crippen molar-refractivity contribution >= 4 is 25.0 Å². The first-order chi connectivity index (χ1) is 7.40. The minimum absolute atomic E-state index is 0.0866. The van der Waals surface area contributed by atoms with Gasteiger partial charge < -0.3 is 15.1 Å². The highest BCUT2D eigenvalue weighted by atomic mass is 32.1. The number of aliphatic hydroxyl groups is 1. The third kappa shape index (κ3) is 2.22. The molecule has 0 aromatic heterocycles. The van der Waals surface area contributed by atoms with Crippen molar-refractivity contribution in [3.05, 3.63) is 10.6 Å². The fourth-order valence-electron chi connectivity index (χ4n) is 1.95. The number of aliphatic carboxylic acids is 1. The van der Waals surface area contributed by atoms with Crippen LogP contribution in [0.1, 0.15) is 20.3 Å². The second kappa shape index (κ2) is 4.88. The Hall–Kier alpha value is -1.01. The van der Waals surface area contributed by atoms with E-state index in [9.17, 15) is 14.7 Å². The lowest BCUT2D eigenvalue weighted by Gasteiger charge is -2.25. The fraction of sp³-hybridized carbons (Fsp3) is 0.600. The Labute approximate surface area is 99.2 Å². The number of carboxylic acids is 1. The summed E-state index contributed by atoms with van der Waals surface area (Å²) >= 11 is 4.13. The molecule has 90 valence electrons. The first-order valence-electron chi connectivity index (χ1n) is 4.98. The molecule has 0 bridgehead atoms. The van der Waals surface area contributed by atoms with Gasteiger partial charge in [0.1, 0.15) is 5.70 Å². The summed E-state index contributed by atoms with van der Waals surface area (Å²) in [4.78, 5) is 23.4. The Balaban J connectivity index is 3.03. The first kappa shape index (κ1) is 13.1. The average molecular weight is 245 g/mol. The highest BCUT2D eigenvalue weighted by molar-refractivity contribution is 7.84. The lowest BCUT2D eigenvalue weighted by molar-refractivity contribution is -0.137. The van der Waals surface area contributed by atoms with Gasteiger partial charge in [0.05, 0.1) is 6.10 Å². The van der Waals surface area contributed by atoms with E-state index < -0.39 is 12.1 Å². The molecular weight excluding hydrogens is 230 g/mol. The minimum atomic E-state index is -1.17. The molecule has 6 heteroatoms. The summed E-state index contributed by atoms with van der Waals surface area (Å²) < 4.78 is 0. The van der Waals surface area contributed by atoms with Gasteiger partial charge in [0.2, 0.25) is 6.41 Å². The number of hydrogen-bond acceptors (Lipinski definition) is 4. The molecule has 1 rings (SSSR count). The van der Waals surface area contributed by atoms with Gasteiger partial charge in [0.25, 0.3) is 0 Å². The van der Waals surface area contributed by atoms with E-state index in [1.54, 1.807) is 13.8 Å². The molecule has 0 spiro atoms. The maximum absolute atomic E-state index is 11.0. The predicted octanol–water partition coefficient (Wildman–Crippen LogP) is 0.460. The molecule has 0 aromatic rings. The molecule has 0 radical (unpaired) electrons. The monoisotopic (exact) mass is 245 g/mol. The van der Waals surface area contributed by atoms with Crippen LogP contribution in [0.15, 0.2) is 10.6 Å². The van der Waals surface area contributed by atoms with Crippen LogP contribution in [0.2, 0.25) is 0 Å². The predicted molar refractivity (Wildman–Crippen MR) is 60.8 cm³/mol. The van der Waals surface area contributed by atoms with E-state index in [0.29, 0.717) is 17.7 Å². The SMILES string of the molecule is CC(O)CC1C(C)C(S)=C(C(=O)O)N1C=O. The summed E-state index contributed by atoms with van der Waals surface area (Å²) in [5.74, 6) is -1.34. The molecule has 3 unspecified atom stereocenters. The maximum atomic E-state index is 11.0. The van der Waals surface area contributed by atoms with Crippen LogP contribution < -0.4 is 0 Å². The second-order valence-corrected chi connectivity index (χ2v) is 4.47. The Morgan fingerprint density at radius 1 is 1.69 bits per heavy atom. The van der Waals surface area contributed by atoms with Crippen LogP contribution in [0.5, 0.6) is 0 Å². The van der Waals surface area contributed by atoms with Gasteiger partial charge in [-0.05, 0) is 13.3 Å². The number of thiol groups is 1. The van der Waals surface area contributed by atoms with Crippen molar-refractivity contribution in [2.45, 2.75) is 32.4 Å². The topological polar surface area (TPSA) is 77.8 Å². The van der Waals surface area contributed by atoms with Gasteiger partial charge in [0, 0.05) is 16.9 Å². The summed E-state index contributed by atoms with van der Waals surface area (Å²) in [6.45, 7) is 3.40. The van der Waals surface area contributed by atoms with Crippen LogP contribution in [0, 0.1) is 5.92 Å². The molecule has 5 nitrogen and oxygen atoms in total. The Bertz CT molecular complexity index is 340. The molecule has 0 saturated carbocycles. The van der Waals surface area contributed by atoms with Crippen molar-refractivity contribution in [2.75, 3.05) is 0 Å². The van der Waals surface area contributed by atoms with E-state index in [1.165, 1.54) is 0 Å². The molecule has 1 aliphatic rings. The molecular formula is C10H15NO4S. The van der Waals surface area contributed by atoms with E-state index in [4.69, 9.17) is 5.11 Å². The van der Waals surface area contributed by atoms with Gasteiger partial charge in [-0.15, -0.1) is 12.6 Å². The maximum Gasteiger partial charge on any atom is 0.353 e. The standard InChI is InChI=1S/C10H15NO4S/c1-5(13)3-7-6(2)9(16)8(10(14)15)11(7)4-12/h4-7,13,16H,3H2,1-2H3,(H,14,15). The average Bonchev–Trinajstić information content (AvgIpc) is 2.41. The molecule has 0 aliphatic carbocycles. The highest BCUT2D eigenvalue weighted by Crippen LogP contribution is 2.37. The van der Waals surface area contributed by atoms with Crippen LogP contribution in [-0.4, -0.2) is 39.6 Å². The third-order valence-electron chi connectivity index (χ3n) is 2.77. The van der Waals surface area contributed by atoms with E-state index in [1.807, 2.05) is 0 Å². The number of hydrogen-bond donors (Lipinski definition) is 3. The van der Waals surface area contributed by atoms with Gasteiger partial charge in [-0.1, -0.05) is 6.92 Å². The zero-order chi connectivity index (χ0) is 12.5. The van der Waals surface area contributed by atoms with Crippen molar-refractivity contribution in [3.8, 4) is 0 Å². The zero-order valence-electron chi connectivity index (χ0n) is 9.12. The minimum Gasteiger partial charge on any atom is -0.477 e. The number of aliphatic hydroxyl groups excluding tert-OH is 1. The van der Waals surface area contributed by atoms with Crippen molar-refractivity contribution in [2.24, 2.45) is 5.92 Å². The van der Waals surface area contributed by atoms with Crippen LogP contribution >= 0.6 is 12.6 Å². The van der Waals surface area contributed by atoms with Gasteiger partial charge in [0.15, 0.2) is 0 Å². The van der Waals surface area contributed by atoms with Crippen LogP contribution in [0.4, 0.5) is 0 Å². The molecule has 16 heavy (non-hydrogen) atoms. The molecule has 2 N–H and O–H groups in total. The summed E-state index contributed by atoms with van der Waals surface area (Å²) in [7, 11) is 0. The summed E-state index contributed by atoms with van der Waals surface area (Å²) in [5.41, 5.74) is -0.0866. The lowest BCUT2D eigenvalue weighted by atomic mass is 9.98. The van der Waals surface area contributed by atoms with Crippen LogP contribution in [-0.2, 0) is 9.59 Å². The van der Waals surface area contributed by atoms with E-state index >= 15 is 0 Å². The number of carbonyl (C=O) groups is 2. The van der Waals surface area contributed by atoms with Gasteiger partial charge >= 0.3 is 5.97 Å². The summed E-state index contributed by atoms with van der Waals surface area (Å²) in [5, 5.41) is 18.3. The third-order valence-corrected chi connectivity index (χ3v) is 3.38. The molecule has 0 saturated heterocycles. The molecule has 0 fully saturated rings. The van der Waals surface area contributed by atoms with Crippen molar-refractivity contribution < 1.29 is 19.8 Å². The molecule has 1 amide bonds. The normalized spacial score (nSPS) is 27.1. The van der Waals surface area contributed by atoms with Crippen molar-refractivity contribution in [1.29, 1.82) is 0 Å². The highest BCUT2D eigenvalue weighted by Gasteiger charge is 2.40. The largest absolute Gasteiger partial charge is 0.477 e. The molecule has 1 heterocycles. The number of rotatable bonds is 4. The molecule has 1 aliphatic heterocycles. The number of amides is 1. The van der Waals surface area contributed by atoms with E-state index in [0.717, 1.165) is 4.90 Å². The van der Waals surface area contributed by atoms with Crippen LogP contribution in [0.25, 0.3) is 0 Å². The number of nitrogens with zero attached hydrogens (tertiary/aromatic N) is 1. The zero-order valence-corrected chi connectivity index (χ0v) is 10.0. The Morgan fingerprint density at radius 3 is 2.62 bits per heavy atom. The van der Waals surface area contributed by atoms with E-state index in [2.05, 4.69) is 12.6 Å². The Morgan fingerprint density at radius 2 is 2.25 bits per heavy atom. The molecule has 3 atom stereocenters. The van der Waals surface area contributed by atoms with E-state index in [-0.39, 0.29) is 17.7 Å². The van der Waals surface area contributed by atoms with Crippen molar-refractivity contribution in [1.82, 2.24) is 4.90 Å². The van der Waals surface area contributed by atoms with Gasteiger partial charge in [-0.2, -0.15) is 0 Å². The number of carboxylic acid groups (broad SMARTS) is 1. The van der Waals surface area contributed by atoms with Crippen LogP contribution in [0.3, 0.4) is 0 Å². The first-order valence-corrected chi connectivity index (χ1v) is 5.43. The van der Waals surface area contributed by atoms with Crippen molar-refractivity contribution in [3.63, 3.8) is 0 Å². The lowest BCUT2D eigenvalue weighted by Crippen LogP contribution is -2.36. The summed E-state index contributed by atoms with van der Waals surface area (Å²) in [6.07, 6.45) is 0.223. The molecule has 0 aromatic carbocycles. The fourth-order valence-corrected chi connectivity index (χ4v) is 2.34.